The monoisotopic (exact) mass is 1180 g/mol. The van der Waals surface area contributed by atoms with Crippen LogP contribution < -0.4 is 0 Å². The lowest BCUT2D eigenvalue weighted by Crippen LogP contribution is -2.59. The molecule has 4 aromatic carbocycles. The first kappa shape index (κ1) is 66.1. The van der Waals surface area contributed by atoms with Crippen LogP contribution in [0.4, 0.5) is 0 Å². The maximum atomic E-state index is 14.5. The van der Waals surface area contributed by atoms with Crippen molar-refractivity contribution in [1.82, 2.24) is 9.80 Å². The molecule has 1 N–H and O–H groups in total. The number of nitriles is 1. The number of rotatable bonds is 18. The summed E-state index contributed by atoms with van der Waals surface area (Å²) in [5.41, 5.74) is 2.04. The zero-order chi connectivity index (χ0) is 58.7. The molecule has 0 radical (unpaired) electrons. The molecule has 10 atom stereocenters. The van der Waals surface area contributed by atoms with E-state index in [1.807, 2.05) is 137 Å². The lowest BCUT2D eigenvalue weighted by molar-refractivity contribution is -0.161. The SMILES string of the molecule is C=CC[C@@]1(C)C[C@H](c2cccc(Cl)c2)[C@@H](c2ccc(Cl)cc2)N([C@H](CS(=O)(=NC)C(C)C)C(C)C)C1=O.CC#N.CN=S(=O)(C[C@H](C(C)C)N1C(=O)[C@@](C)(CC(=O)O)C[C@H](c2cccc(Cl)c2)[C@H]1c1ccc(Cl)cc1)C(C)C. The Balaban J connectivity index is 0.000000320. The molecule has 2 heterocycles. The van der Waals surface area contributed by atoms with E-state index in [1.54, 1.807) is 45.3 Å². The Kier molecular flexibility index (Phi) is 24.0. The largest absolute Gasteiger partial charge is 0.481 e. The summed E-state index contributed by atoms with van der Waals surface area (Å²) >= 11 is 25.4. The zero-order valence-electron chi connectivity index (χ0n) is 47.6. The van der Waals surface area contributed by atoms with E-state index in [0.29, 0.717) is 45.1 Å². The first-order valence-electron chi connectivity index (χ1n) is 26.5. The second-order valence-electron chi connectivity index (χ2n) is 22.4. The van der Waals surface area contributed by atoms with Gasteiger partial charge in [0.2, 0.25) is 11.8 Å². The van der Waals surface area contributed by atoms with E-state index < -0.39 is 48.3 Å². The van der Waals surface area contributed by atoms with Crippen molar-refractivity contribution in [1.29, 1.82) is 5.26 Å². The van der Waals surface area contributed by atoms with Gasteiger partial charge in [0.15, 0.2) is 0 Å². The van der Waals surface area contributed by atoms with Crippen LogP contribution in [0.3, 0.4) is 0 Å². The van der Waals surface area contributed by atoms with E-state index in [2.05, 4.69) is 35.2 Å². The number of likely N-dealkylation sites (tertiary alicyclic amines) is 2. The highest BCUT2D eigenvalue weighted by atomic mass is 35.5. The molecule has 0 spiro atoms. The van der Waals surface area contributed by atoms with Crippen LogP contribution in [0, 0.1) is 34.0 Å². The molecule has 0 aliphatic carbocycles. The summed E-state index contributed by atoms with van der Waals surface area (Å²) in [5.74, 6) is -1.01. The van der Waals surface area contributed by atoms with Gasteiger partial charge < -0.3 is 14.9 Å². The van der Waals surface area contributed by atoms with Gasteiger partial charge >= 0.3 is 5.97 Å². The molecular formula is C61H81Cl4N5O6S2. The van der Waals surface area contributed by atoms with Gasteiger partial charge in [0, 0.05) is 75.5 Å². The fourth-order valence-corrected chi connectivity index (χ4v) is 15.8. The molecule has 2 aliphatic rings. The number of hydrogen-bond acceptors (Lipinski definition) is 8. The standard InChI is InChI=1S/C30H40Cl2N2O2S.C29H38Cl2N2O4S.C2H3N/c1-8-16-30(6)18-26(23-10-9-11-25(32)17-23)28(22-12-14-24(31)15-13-22)34(29(30)35)27(20(2)3)19-37(36,33-7)21(4)5;1-18(2)25(17-38(37,32-6)19(3)4)33-27(20-10-12-22(30)13-11-20)24(21-8-7-9-23(31)14-21)15-29(5,28(33)36)16-26(34)35;1-2-3/h8-15,17,20-21,26-28H,1,16,18-19H2,2-7H3;7-14,18-19,24-25,27H,15-17H2,1-6H3,(H,34,35);1H3/t26-,27-,28-,30+,37?;24-,25-,27-,29-,38?;/m11./s1. The molecule has 17 heteroatoms. The van der Waals surface area contributed by atoms with Crippen LogP contribution in [0.25, 0.3) is 0 Å². The lowest BCUT2D eigenvalue weighted by Gasteiger charge is -2.53. The minimum Gasteiger partial charge on any atom is -0.481 e. The highest BCUT2D eigenvalue weighted by Gasteiger charge is 2.54. The predicted molar refractivity (Wildman–Crippen MR) is 325 cm³/mol. The summed E-state index contributed by atoms with van der Waals surface area (Å²) in [7, 11) is -1.99. The second-order valence-corrected chi connectivity index (χ2v) is 30.1. The van der Waals surface area contributed by atoms with Crippen molar-refractivity contribution in [3.05, 3.63) is 152 Å². The second kappa shape index (κ2) is 28.3. The van der Waals surface area contributed by atoms with E-state index in [1.165, 1.54) is 6.92 Å². The van der Waals surface area contributed by atoms with Gasteiger partial charge in [-0.05, 0) is 102 Å². The molecule has 11 nitrogen and oxygen atoms in total. The van der Waals surface area contributed by atoms with Crippen LogP contribution in [-0.2, 0) is 33.8 Å². The molecule has 2 amide bonds. The number of piperidine rings is 2. The van der Waals surface area contributed by atoms with Gasteiger partial charge in [0.1, 0.15) is 0 Å². The molecule has 4 aromatic rings. The number of carbonyl (C=O) groups excluding carboxylic acids is 2. The van der Waals surface area contributed by atoms with Crippen molar-refractivity contribution < 1.29 is 27.9 Å². The van der Waals surface area contributed by atoms with Crippen LogP contribution in [0.1, 0.15) is 148 Å². The molecule has 0 bridgehead atoms. The number of nitrogens with zero attached hydrogens (tertiary/aromatic N) is 5. The van der Waals surface area contributed by atoms with E-state index >= 15 is 0 Å². The fourth-order valence-electron chi connectivity index (χ4n) is 11.1. The van der Waals surface area contributed by atoms with Crippen molar-refractivity contribution in [2.45, 2.75) is 148 Å². The molecular weight excluding hydrogens is 1100 g/mol. The van der Waals surface area contributed by atoms with Crippen molar-refractivity contribution in [3.63, 3.8) is 0 Å². The normalized spacial score (nSPS) is 23.7. The van der Waals surface area contributed by atoms with Crippen LogP contribution in [-0.4, -0.2) is 89.3 Å². The molecule has 2 aliphatic heterocycles. The van der Waals surface area contributed by atoms with Crippen molar-refractivity contribution in [2.75, 3.05) is 25.6 Å². The first-order chi connectivity index (χ1) is 36.5. The highest BCUT2D eigenvalue weighted by Crippen LogP contribution is 2.54. The number of carboxylic acid groups (broad SMARTS) is 1. The third-order valence-electron chi connectivity index (χ3n) is 15.5. The van der Waals surface area contributed by atoms with Crippen LogP contribution >= 0.6 is 46.4 Å². The van der Waals surface area contributed by atoms with Gasteiger partial charge in [-0.15, -0.1) is 6.58 Å². The predicted octanol–water partition coefficient (Wildman–Crippen LogP) is 15.8. The van der Waals surface area contributed by atoms with E-state index in [0.717, 1.165) is 22.3 Å². The molecule has 426 valence electrons. The summed E-state index contributed by atoms with van der Waals surface area (Å²) in [6, 6.07) is 30.9. The number of aliphatic carboxylic acids is 1. The minimum absolute atomic E-state index is 0.0301. The number of amides is 2. The van der Waals surface area contributed by atoms with E-state index in [9.17, 15) is 27.9 Å². The van der Waals surface area contributed by atoms with Gasteiger partial charge in [-0.2, -0.15) is 5.26 Å². The summed E-state index contributed by atoms with van der Waals surface area (Å²) < 4.78 is 36.5. The van der Waals surface area contributed by atoms with Gasteiger partial charge in [0.25, 0.3) is 0 Å². The number of halogens is 4. The molecule has 2 unspecified atom stereocenters. The van der Waals surface area contributed by atoms with Gasteiger partial charge in [-0.25, -0.2) is 17.1 Å². The number of benzene rings is 4. The number of carbonyl (C=O) groups is 3. The highest BCUT2D eigenvalue weighted by molar-refractivity contribution is 7.94. The Bertz CT molecular complexity index is 3020. The van der Waals surface area contributed by atoms with Crippen molar-refractivity contribution >= 4 is 83.6 Å². The maximum Gasteiger partial charge on any atom is 0.304 e. The Morgan fingerprint density at radius 2 is 1.01 bits per heavy atom. The lowest BCUT2D eigenvalue weighted by atomic mass is 9.66. The van der Waals surface area contributed by atoms with Crippen molar-refractivity contribution in [2.24, 2.45) is 31.4 Å². The quantitative estimate of drug-likeness (QED) is 0.0970. The minimum atomic E-state index is -2.65. The third-order valence-corrected chi connectivity index (χ3v) is 22.3. The molecule has 6 rings (SSSR count). The maximum absolute atomic E-state index is 14.5. The van der Waals surface area contributed by atoms with Crippen LogP contribution in [0.2, 0.25) is 20.1 Å². The van der Waals surface area contributed by atoms with Crippen LogP contribution in [0.5, 0.6) is 0 Å². The van der Waals surface area contributed by atoms with Gasteiger partial charge in [-0.3, -0.25) is 14.4 Å². The number of allylic oxidation sites excluding steroid dienone is 1. The Morgan fingerprint density at radius 1 is 0.667 bits per heavy atom. The zero-order valence-corrected chi connectivity index (χ0v) is 52.2. The number of carboxylic acids is 1. The van der Waals surface area contributed by atoms with Gasteiger partial charge in [-0.1, -0.05) is 170 Å². The summed E-state index contributed by atoms with van der Waals surface area (Å²) in [6.07, 6.45) is 3.04. The smallest absolute Gasteiger partial charge is 0.304 e. The Hall–Kier alpha value is -4.42. The average molecular weight is 1190 g/mol. The molecule has 78 heavy (non-hydrogen) atoms. The van der Waals surface area contributed by atoms with Crippen molar-refractivity contribution in [3.8, 4) is 6.07 Å². The summed E-state index contributed by atoms with van der Waals surface area (Å²) in [4.78, 5) is 44.8. The Labute approximate surface area is 486 Å². The number of hydrogen-bond donors (Lipinski definition) is 1. The van der Waals surface area contributed by atoms with Crippen LogP contribution in [0.15, 0.2) is 118 Å². The Morgan fingerprint density at radius 3 is 1.31 bits per heavy atom. The third kappa shape index (κ3) is 15.7. The van der Waals surface area contributed by atoms with E-state index in [4.69, 9.17) is 51.7 Å². The molecule has 0 saturated carbocycles. The fraction of sp³-hybridized carbons (Fsp3) is 0.508. The summed E-state index contributed by atoms with van der Waals surface area (Å²) in [6.45, 7) is 25.0. The van der Waals surface area contributed by atoms with Gasteiger partial charge in [0.05, 0.1) is 66.4 Å². The molecule has 0 aromatic heterocycles. The average Bonchev–Trinajstić information content (AvgIpc) is 3.46. The topological polar surface area (TPSA) is 161 Å². The summed E-state index contributed by atoms with van der Waals surface area (Å²) in [5, 5.41) is 19.2. The van der Waals surface area contributed by atoms with E-state index in [-0.39, 0.29) is 70.2 Å². The molecule has 2 saturated heterocycles. The first-order valence-corrected chi connectivity index (χ1v) is 31.6. The molecule has 2 fully saturated rings.